The van der Waals surface area contributed by atoms with Gasteiger partial charge < -0.3 is 20.1 Å². The third kappa shape index (κ3) is 2.70. The van der Waals surface area contributed by atoms with Crippen LogP contribution in [0.1, 0.15) is 31.1 Å². The predicted molar refractivity (Wildman–Crippen MR) is 76.8 cm³/mol. The van der Waals surface area contributed by atoms with Gasteiger partial charge in [-0.1, -0.05) is 0 Å². The Kier molecular flexibility index (Phi) is 4.13. The molecule has 110 valence electrons. The number of aromatic nitrogens is 1. The predicted octanol–water partition coefficient (Wildman–Crippen LogP) is 1.46. The molecule has 1 aromatic rings. The highest BCUT2D eigenvalue weighted by molar-refractivity contribution is 5.97. The van der Waals surface area contributed by atoms with E-state index in [-0.39, 0.29) is 5.54 Å². The van der Waals surface area contributed by atoms with E-state index in [9.17, 15) is 4.79 Å². The molecule has 6 heteroatoms. The number of anilines is 2. The Morgan fingerprint density at radius 1 is 1.60 bits per heavy atom. The van der Waals surface area contributed by atoms with Gasteiger partial charge in [0.05, 0.1) is 36.6 Å². The van der Waals surface area contributed by atoms with Crippen LogP contribution in [0.4, 0.5) is 11.5 Å². The smallest absolute Gasteiger partial charge is 0.340 e. The quantitative estimate of drug-likeness (QED) is 0.844. The molecule has 0 unspecified atom stereocenters. The van der Waals surface area contributed by atoms with Crippen molar-refractivity contribution in [3.63, 3.8) is 0 Å². The van der Waals surface area contributed by atoms with E-state index in [1.807, 2.05) is 0 Å². The average molecular weight is 279 g/mol. The van der Waals surface area contributed by atoms with Crippen LogP contribution >= 0.6 is 0 Å². The number of rotatable bonds is 3. The lowest BCUT2D eigenvalue weighted by Gasteiger charge is -2.43. The minimum absolute atomic E-state index is 0.216. The van der Waals surface area contributed by atoms with Gasteiger partial charge in [0, 0.05) is 12.7 Å². The molecule has 1 fully saturated rings. The van der Waals surface area contributed by atoms with Crippen molar-refractivity contribution in [1.82, 2.24) is 4.98 Å². The number of hydrogen-bond acceptors (Lipinski definition) is 6. The van der Waals surface area contributed by atoms with E-state index < -0.39 is 5.97 Å². The Morgan fingerprint density at radius 3 is 3.00 bits per heavy atom. The van der Waals surface area contributed by atoms with Gasteiger partial charge >= 0.3 is 5.97 Å². The van der Waals surface area contributed by atoms with Crippen LogP contribution in [0.25, 0.3) is 0 Å². The van der Waals surface area contributed by atoms with E-state index in [1.165, 1.54) is 0 Å². The zero-order chi connectivity index (χ0) is 14.8. The van der Waals surface area contributed by atoms with Crippen molar-refractivity contribution in [1.29, 1.82) is 0 Å². The van der Waals surface area contributed by atoms with Crippen molar-refractivity contribution in [3.8, 4) is 0 Å². The van der Waals surface area contributed by atoms with Crippen LogP contribution in [0.3, 0.4) is 0 Å². The lowest BCUT2D eigenvalue weighted by molar-refractivity contribution is 0.0527. The first-order valence-electron chi connectivity index (χ1n) is 6.74. The third-order valence-electron chi connectivity index (χ3n) is 3.37. The highest BCUT2D eigenvalue weighted by atomic mass is 16.5. The van der Waals surface area contributed by atoms with Gasteiger partial charge in [-0.25, -0.2) is 9.78 Å². The fraction of sp³-hybridized carbons (Fsp3) is 0.571. The molecule has 0 amide bonds. The second kappa shape index (κ2) is 5.66. The van der Waals surface area contributed by atoms with E-state index in [0.29, 0.717) is 43.4 Å². The molecule has 2 rings (SSSR count). The van der Waals surface area contributed by atoms with Crippen LogP contribution in [-0.4, -0.2) is 42.9 Å². The molecular formula is C14H21N3O3. The number of morpholine rings is 1. The number of nitrogens with zero attached hydrogens (tertiary/aromatic N) is 2. The third-order valence-corrected chi connectivity index (χ3v) is 3.37. The Hall–Kier alpha value is -1.82. The Balaban J connectivity index is 2.37. The van der Waals surface area contributed by atoms with Crippen LogP contribution in [0, 0.1) is 0 Å². The van der Waals surface area contributed by atoms with E-state index in [1.54, 1.807) is 19.2 Å². The van der Waals surface area contributed by atoms with E-state index in [4.69, 9.17) is 15.2 Å². The summed E-state index contributed by atoms with van der Waals surface area (Å²) in [4.78, 5) is 18.3. The average Bonchev–Trinajstić information content (AvgIpc) is 2.39. The van der Waals surface area contributed by atoms with Gasteiger partial charge in [0.25, 0.3) is 0 Å². The fourth-order valence-corrected chi connectivity index (χ4v) is 2.32. The highest BCUT2D eigenvalue weighted by Crippen LogP contribution is 2.31. The number of pyridine rings is 1. The van der Waals surface area contributed by atoms with Crippen molar-refractivity contribution in [2.45, 2.75) is 26.3 Å². The number of nitrogen functional groups attached to an aromatic ring is 1. The maximum absolute atomic E-state index is 11.9. The topological polar surface area (TPSA) is 77.7 Å². The molecule has 1 aliphatic rings. The number of hydrogen-bond donors (Lipinski definition) is 1. The second-order valence-electron chi connectivity index (χ2n) is 5.33. The van der Waals surface area contributed by atoms with E-state index in [2.05, 4.69) is 23.7 Å². The van der Waals surface area contributed by atoms with Crippen molar-refractivity contribution < 1.29 is 14.3 Å². The summed E-state index contributed by atoms with van der Waals surface area (Å²) in [7, 11) is 0. The number of esters is 1. The summed E-state index contributed by atoms with van der Waals surface area (Å²) < 4.78 is 10.5. The molecule has 6 nitrogen and oxygen atoms in total. The van der Waals surface area contributed by atoms with Gasteiger partial charge in [-0.15, -0.1) is 0 Å². The molecule has 0 spiro atoms. The maximum atomic E-state index is 11.9. The minimum atomic E-state index is -0.417. The van der Waals surface area contributed by atoms with E-state index >= 15 is 0 Å². The summed E-state index contributed by atoms with van der Waals surface area (Å²) in [5.41, 5.74) is 6.63. The first-order chi connectivity index (χ1) is 9.47. The molecule has 2 heterocycles. The summed E-state index contributed by atoms with van der Waals surface area (Å²) in [6, 6.07) is 1.59. The van der Waals surface area contributed by atoms with Gasteiger partial charge in [-0.2, -0.15) is 0 Å². The standard InChI is InChI=1S/C14H21N3O3/c1-4-20-13(18)10-5-6-16-12(11(10)15)17-7-8-19-9-14(17,2)3/h5-6H,4,7-9,15H2,1-3H3. The van der Waals surface area contributed by atoms with Crippen LogP contribution in [0.5, 0.6) is 0 Å². The molecule has 0 saturated carbocycles. The molecule has 0 aromatic carbocycles. The Morgan fingerprint density at radius 2 is 2.35 bits per heavy atom. The molecule has 2 N–H and O–H groups in total. The zero-order valence-electron chi connectivity index (χ0n) is 12.2. The fourth-order valence-electron chi connectivity index (χ4n) is 2.32. The maximum Gasteiger partial charge on any atom is 0.340 e. The first kappa shape index (κ1) is 14.6. The number of carbonyl (C=O) groups excluding carboxylic acids is 1. The van der Waals surface area contributed by atoms with Crippen LogP contribution in [0.2, 0.25) is 0 Å². The largest absolute Gasteiger partial charge is 0.462 e. The first-order valence-corrected chi connectivity index (χ1v) is 6.74. The molecule has 0 aliphatic carbocycles. The normalized spacial score (nSPS) is 17.9. The van der Waals surface area contributed by atoms with Crippen LogP contribution < -0.4 is 10.6 Å². The summed E-state index contributed by atoms with van der Waals surface area (Å²) >= 11 is 0. The number of carbonyl (C=O) groups is 1. The summed E-state index contributed by atoms with van der Waals surface area (Å²) in [5, 5.41) is 0. The number of nitrogens with two attached hydrogens (primary N) is 1. The molecule has 1 aliphatic heterocycles. The highest BCUT2D eigenvalue weighted by Gasteiger charge is 2.33. The molecule has 1 aromatic heterocycles. The van der Waals surface area contributed by atoms with E-state index in [0.717, 1.165) is 0 Å². The van der Waals surface area contributed by atoms with Gasteiger partial charge in [-0.05, 0) is 26.8 Å². The molecule has 0 atom stereocenters. The molecule has 0 radical (unpaired) electrons. The molecular weight excluding hydrogens is 258 g/mol. The summed E-state index contributed by atoms with van der Waals surface area (Å²) in [6.45, 7) is 8.11. The van der Waals surface area contributed by atoms with Crippen molar-refractivity contribution >= 4 is 17.5 Å². The van der Waals surface area contributed by atoms with Gasteiger partial charge in [-0.3, -0.25) is 0 Å². The summed E-state index contributed by atoms with van der Waals surface area (Å²) in [6.07, 6.45) is 1.59. The summed E-state index contributed by atoms with van der Waals surface area (Å²) in [5.74, 6) is 0.198. The molecule has 1 saturated heterocycles. The Labute approximate surface area is 118 Å². The van der Waals surface area contributed by atoms with Crippen LogP contribution in [0.15, 0.2) is 12.3 Å². The second-order valence-corrected chi connectivity index (χ2v) is 5.33. The zero-order valence-corrected chi connectivity index (χ0v) is 12.2. The van der Waals surface area contributed by atoms with Gasteiger partial charge in [0.1, 0.15) is 0 Å². The number of ether oxygens (including phenoxy) is 2. The lowest BCUT2D eigenvalue weighted by Crippen LogP contribution is -2.53. The lowest BCUT2D eigenvalue weighted by atomic mass is 10.0. The van der Waals surface area contributed by atoms with Crippen molar-refractivity contribution in [3.05, 3.63) is 17.8 Å². The van der Waals surface area contributed by atoms with Gasteiger partial charge in [0.15, 0.2) is 5.82 Å². The molecule has 0 bridgehead atoms. The Bertz CT molecular complexity index is 502. The van der Waals surface area contributed by atoms with Crippen molar-refractivity contribution in [2.75, 3.05) is 37.0 Å². The van der Waals surface area contributed by atoms with Crippen LogP contribution in [-0.2, 0) is 9.47 Å². The SMILES string of the molecule is CCOC(=O)c1ccnc(N2CCOCC2(C)C)c1N. The molecule has 20 heavy (non-hydrogen) atoms. The monoisotopic (exact) mass is 279 g/mol. The van der Waals surface area contributed by atoms with Crippen molar-refractivity contribution in [2.24, 2.45) is 0 Å². The minimum Gasteiger partial charge on any atom is -0.462 e. The van der Waals surface area contributed by atoms with Gasteiger partial charge in [0.2, 0.25) is 0 Å².